The first kappa shape index (κ1) is 24.2. The average molecular weight is 470 g/mol. The SMILES string of the molecule is COc1ccc(NC(=O)C(N=Nc2cc(Cl)c(OC)c(OC)c2)C(C)=O)c(OC)c1Cl. The van der Waals surface area contributed by atoms with Crippen molar-refractivity contribution in [1.82, 2.24) is 0 Å². The van der Waals surface area contributed by atoms with Gasteiger partial charge < -0.3 is 24.3 Å². The molecule has 1 atom stereocenters. The molecule has 0 aliphatic rings. The van der Waals surface area contributed by atoms with Crippen molar-refractivity contribution in [2.75, 3.05) is 33.8 Å². The van der Waals surface area contributed by atoms with Crippen LogP contribution in [0.3, 0.4) is 0 Å². The van der Waals surface area contributed by atoms with Gasteiger partial charge in [0, 0.05) is 6.07 Å². The van der Waals surface area contributed by atoms with E-state index in [1.807, 2.05) is 0 Å². The molecule has 0 aromatic heterocycles. The molecule has 0 aliphatic heterocycles. The largest absolute Gasteiger partial charge is 0.495 e. The lowest BCUT2D eigenvalue weighted by Gasteiger charge is -2.15. The fourth-order valence-corrected chi connectivity index (χ4v) is 3.20. The number of methoxy groups -OCH3 is 4. The lowest BCUT2D eigenvalue weighted by atomic mass is 10.2. The zero-order chi connectivity index (χ0) is 23.1. The Bertz CT molecular complexity index is 1010. The third-order valence-electron chi connectivity index (χ3n) is 4.08. The van der Waals surface area contributed by atoms with E-state index >= 15 is 0 Å². The number of hydrogen-bond acceptors (Lipinski definition) is 8. The minimum Gasteiger partial charge on any atom is -0.495 e. The molecule has 0 spiro atoms. The summed E-state index contributed by atoms with van der Waals surface area (Å²) >= 11 is 12.3. The highest BCUT2D eigenvalue weighted by Gasteiger charge is 2.25. The van der Waals surface area contributed by atoms with Gasteiger partial charge in [-0.25, -0.2) is 0 Å². The molecule has 0 bridgehead atoms. The fraction of sp³-hybridized carbons (Fsp3) is 0.300. The Hall–Kier alpha value is -3.04. The van der Waals surface area contributed by atoms with Gasteiger partial charge in [0.2, 0.25) is 6.04 Å². The maximum Gasteiger partial charge on any atom is 0.258 e. The Morgan fingerprint density at radius 3 is 2.13 bits per heavy atom. The molecule has 2 aromatic rings. The molecule has 9 nitrogen and oxygen atoms in total. The van der Waals surface area contributed by atoms with Crippen molar-refractivity contribution in [3.63, 3.8) is 0 Å². The van der Waals surface area contributed by atoms with Gasteiger partial charge in [0.15, 0.2) is 23.0 Å². The first-order valence-electron chi connectivity index (χ1n) is 8.81. The Morgan fingerprint density at radius 1 is 0.935 bits per heavy atom. The smallest absolute Gasteiger partial charge is 0.258 e. The summed E-state index contributed by atoms with van der Waals surface area (Å²) in [6.07, 6.45) is 0. The summed E-state index contributed by atoms with van der Waals surface area (Å²) in [5.41, 5.74) is 0.515. The van der Waals surface area contributed by atoms with E-state index in [9.17, 15) is 9.59 Å². The normalized spacial score (nSPS) is 11.7. The summed E-state index contributed by atoms with van der Waals surface area (Å²) in [5.74, 6) is -0.0449. The Morgan fingerprint density at radius 2 is 1.58 bits per heavy atom. The summed E-state index contributed by atoms with van der Waals surface area (Å²) in [4.78, 5) is 24.8. The number of carbonyl (C=O) groups excluding carboxylic acids is 2. The van der Waals surface area contributed by atoms with E-state index in [0.717, 1.165) is 0 Å². The molecule has 2 aromatic carbocycles. The minimum absolute atomic E-state index is 0.170. The summed E-state index contributed by atoms with van der Waals surface area (Å²) in [5, 5.41) is 10.8. The quantitative estimate of drug-likeness (QED) is 0.420. The van der Waals surface area contributed by atoms with Crippen LogP contribution in [0.15, 0.2) is 34.5 Å². The lowest BCUT2D eigenvalue weighted by molar-refractivity contribution is -0.126. The molecule has 0 heterocycles. The Kier molecular flexibility index (Phi) is 8.47. The van der Waals surface area contributed by atoms with Crippen molar-refractivity contribution in [2.24, 2.45) is 10.2 Å². The van der Waals surface area contributed by atoms with Crippen LogP contribution in [0.25, 0.3) is 0 Å². The van der Waals surface area contributed by atoms with E-state index in [1.165, 1.54) is 53.6 Å². The number of ketones is 1. The van der Waals surface area contributed by atoms with Crippen molar-refractivity contribution in [2.45, 2.75) is 13.0 Å². The van der Waals surface area contributed by atoms with Crippen LogP contribution in [0, 0.1) is 0 Å². The van der Waals surface area contributed by atoms with Crippen LogP contribution in [-0.2, 0) is 9.59 Å². The summed E-state index contributed by atoms with van der Waals surface area (Å²) in [6, 6.07) is 4.64. The molecule has 0 radical (unpaired) electrons. The summed E-state index contributed by atoms with van der Waals surface area (Å²) in [7, 11) is 5.72. The molecule has 166 valence electrons. The van der Waals surface area contributed by atoms with Crippen LogP contribution in [-0.4, -0.2) is 46.2 Å². The monoisotopic (exact) mass is 469 g/mol. The number of benzene rings is 2. The van der Waals surface area contributed by atoms with Gasteiger partial charge in [0.25, 0.3) is 5.91 Å². The number of anilines is 1. The van der Waals surface area contributed by atoms with E-state index < -0.39 is 17.7 Å². The van der Waals surface area contributed by atoms with Gasteiger partial charge in [-0.15, -0.1) is 0 Å². The molecule has 1 unspecified atom stereocenters. The summed E-state index contributed by atoms with van der Waals surface area (Å²) in [6.45, 7) is 1.23. The van der Waals surface area contributed by atoms with Crippen LogP contribution in [0.2, 0.25) is 10.0 Å². The molecule has 2 rings (SSSR count). The zero-order valence-electron chi connectivity index (χ0n) is 17.5. The maximum absolute atomic E-state index is 12.7. The molecule has 1 amide bonds. The van der Waals surface area contributed by atoms with Gasteiger partial charge >= 0.3 is 0 Å². The Balaban J connectivity index is 2.31. The van der Waals surface area contributed by atoms with E-state index in [1.54, 1.807) is 6.07 Å². The number of amides is 1. The maximum atomic E-state index is 12.7. The molecular weight excluding hydrogens is 449 g/mol. The molecule has 1 N–H and O–H groups in total. The average Bonchev–Trinajstić information content (AvgIpc) is 2.73. The van der Waals surface area contributed by atoms with Crippen molar-refractivity contribution in [1.29, 1.82) is 0 Å². The molecule has 0 aliphatic carbocycles. The van der Waals surface area contributed by atoms with Gasteiger partial charge in [-0.3, -0.25) is 9.59 Å². The molecule has 0 saturated heterocycles. The minimum atomic E-state index is -1.42. The van der Waals surface area contributed by atoms with E-state index in [-0.39, 0.29) is 27.2 Å². The fourth-order valence-electron chi connectivity index (χ4n) is 2.60. The highest BCUT2D eigenvalue weighted by Crippen LogP contribution is 2.40. The number of nitrogens with zero attached hydrogens (tertiary/aromatic N) is 2. The van der Waals surface area contributed by atoms with Gasteiger partial charge in [-0.1, -0.05) is 23.2 Å². The zero-order valence-corrected chi connectivity index (χ0v) is 19.0. The number of ether oxygens (including phenoxy) is 4. The summed E-state index contributed by atoms with van der Waals surface area (Å²) < 4.78 is 20.7. The van der Waals surface area contributed by atoms with Gasteiger partial charge in [-0.05, 0) is 25.1 Å². The second kappa shape index (κ2) is 10.8. The lowest BCUT2D eigenvalue weighted by Crippen LogP contribution is -2.32. The third-order valence-corrected chi connectivity index (χ3v) is 4.72. The first-order chi connectivity index (χ1) is 14.8. The standard InChI is InChI=1S/C20H21Cl2N3O6/c1-10(26)17(25-24-11-8-12(21)18(30-4)15(9-11)29-3)20(27)23-13-6-7-14(28-2)16(22)19(13)31-5/h6-9,17H,1-5H3,(H,23,27). The van der Waals surface area contributed by atoms with E-state index in [4.69, 9.17) is 42.1 Å². The van der Waals surface area contributed by atoms with Crippen molar-refractivity contribution in [3.8, 4) is 23.0 Å². The van der Waals surface area contributed by atoms with E-state index in [0.29, 0.717) is 17.2 Å². The predicted octanol–water partition coefficient (Wildman–Crippen LogP) is 4.71. The molecular formula is C20H21Cl2N3O6. The van der Waals surface area contributed by atoms with Gasteiger partial charge in [0.1, 0.15) is 10.8 Å². The number of azo groups is 1. The number of hydrogen-bond donors (Lipinski definition) is 1. The van der Waals surface area contributed by atoms with Crippen LogP contribution in [0.4, 0.5) is 11.4 Å². The topological polar surface area (TPSA) is 108 Å². The first-order valence-corrected chi connectivity index (χ1v) is 9.57. The number of halogens is 2. The van der Waals surface area contributed by atoms with Gasteiger partial charge in [0.05, 0.1) is 44.8 Å². The number of Topliss-reactive ketones (excluding diaryl/α,β-unsaturated/α-hetero) is 1. The molecule has 0 saturated carbocycles. The molecule has 31 heavy (non-hydrogen) atoms. The second-order valence-corrected chi connectivity index (χ2v) is 6.83. The van der Waals surface area contributed by atoms with Crippen molar-refractivity contribution >= 4 is 46.3 Å². The Labute approximate surface area is 189 Å². The number of rotatable bonds is 9. The third kappa shape index (κ3) is 5.56. The second-order valence-electron chi connectivity index (χ2n) is 6.04. The van der Waals surface area contributed by atoms with Crippen LogP contribution in [0.5, 0.6) is 23.0 Å². The highest BCUT2D eigenvalue weighted by molar-refractivity contribution is 6.34. The van der Waals surface area contributed by atoms with Crippen LogP contribution < -0.4 is 24.3 Å². The number of carbonyl (C=O) groups is 2. The van der Waals surface area contributed by atoms with Crippen LogP contribution >= 0.6 is 23.2 Å². The van der Waals surface area contributed by atoms with Crippen molar-refractivity contribution < 1.29 is 28.5 Å². The molecule has 11 heteroatoms. The highest BCUT2D eigenvalue weighted by atomic mass is 35.5. The van der Waals surface area contributed by atoms with E-state index in [2.05, 4.69) is 15.5 Å². The molecule has 0 fully saturated rings. The predicted molar refractivity (Wildman–Crippen MR) is 117 cm³/mol. The van der Waals surface area contributed by atoms with Gasteiger partial charge in [-0.2, -0.15) is 10.2 Å². The van der Waals surface area contributed by atoms with Crippen LogP contribution in [0.1, 0.15) is 6.92 Å². The van der Waals surface area contributed by atoms with Crippen molar-refractivity contribution in [3.05, 3.63) is 34.3 Å². The number of nitrogens with one attached hydrogen (secondary N) is 1.